The Morgan fingerprint density at radius 3 is 2.31 bits per heavy atom. The Kier molecular flexibility index (Phi) is 6.03. The van der Waals surface area contributed by atoms with Crippen molar-refractivity contribution < 1.29 is 39.2 Å². The van der Waals surface area contributed by atoms with E-state index in [0.717, 1.165) is 11.3 Å². The molecule has 1 heterocycles. The summed E-state index contributed by atoms with van der Waals surface area (Å²) >= 11 is 0. The number of aliphatic hydroxyl groups is 3. The zero-order valence-corrected chi connectivity index (χ0v) is 23.5. The number of aliphatic hydroxyl groups excluding tert-OH is 2. The third kappa shape index (κ3) is 3.63. The second-order valence-electron chi connectivity index (χ2n) is 11.7. The fraction of sp³-hybridized carbons (Fsp3) is 0.323. The molecule has 1 aromatic heterocycles. The summed E-state index contributed by atoms with van der Waals surface area (Å²) in [7, 11) is 6.88. The van der Waals surface area contributed by atoms with Crippen LogP contribution < -0.4 is 10.6 Å². The molecule has 3 aliphatic rings. The SMILES string of the molecule is CN(C)c1cc2cc(-c3ccc(O)cc3)oc2c2c1C[C@H]1C[C@H]3[C@H](N(C)C)C(=O)C(C(N)=O)=C(O)[C@@]3(O)C(=O)C1=C2O. The minimum absolute atomic E-state index is 0.0631. The van der Waals surface area contributed by atoms with E-state index in [1.165, 1.54) is 17.0 Å². The zero-order chi connectivity index (χ0) is 30.4. The van der Waals surface area contributed by atoms with Crippen molar-refractivity contribution in [2.24, 2.45) is 17.6 Å². The molecule has 0 saturated heterocycles. The molecule has 0 unspecified atom stereocenters. The monoisotopic (exact) mass is 573 g/mol. The lowest BCUT2D eigenvalue weighted by atomic mass is 9.57. The van der Waals surface area contributed by atoms with Gasteiger partial charge in [0.15, 0.2) is 11.4 Å². The van der Waals surface area contributed by atoms with Crippen molar-refractivity contribution in [1.29, 1.82) is 0 Å². The van der Waals surface area contributed by atoms with Gasteiger partial charge in [-0.2, -0.15) is 0 Å². The van der Waals surface area contributed by atoms with E-state index in [1.807, 2.05) is 25.1 Å². The molecule has 218 valence electrons. The van der Waals surface area contributed by atoms with Crippen LogP contribution in [0.15, 0.2) is 57.7 Å². The normalized spacial score (nSPS) is 25.5. The topological polar surface area (TPSA) is 178 Å². The van der Waals surface area contributed by atoms with Gasteiger partial charge in [-0.1, -0.05) is 0 Å². The molecular weight excluding hydrogens is 542 g/mol. The summed E-state index contributed by atoms with van der Waals surface area (Å²) in [4.78, 5) is 43.1. The Bertz CT molecular complexity index is 1760. The number of likely N-dealkylation sites (N-methyl/N-ethyl adjacent to an activating group) is 1. The van der Waals surface area contributed by atoms with Gasteiger partial charge in [-0.05, 0) is 74.8 Å². The number of carbonyl (C=O) groups excluding carboxylic acids is 3. The van der Waals surface area contributed by atoms with Crippen LogP contribution in [0.2, 0.25) is 0 Å². The van der Waals surface area contributed by atoms with E-state index in [2.05, 4.69) is 0 Å². The summed E-state index contributed by atoms with van der Waals surface area (Å²) in [5.74, 6) is -5.63. The number of hydrogen-bond acceptors (Lipinski definition) is 10. The first-order chi connectivity index (χ1) is 19.8. The largest absolute Gasteiger partial charge is 0.508 e. The number of nitrogens with two attached hydrogens (primary N) is 1. The smallest absolute Gasteiger partial charge is 0.255 e. The molecule has 11 nitrogen and oxygen atoms in total. The van der Waals surface area contributed by atoms with Gasteiger partial charge in [-0.15, -0.1) is 0 Å². The summed E-state index contributed by atoms with van der Waals surface area (Å²) in [5.41, 5.74) is 4.65. The van der Waals surface area contributed by atoms with Crippen molar-refractivity contribution in [2.75, 3.05) is 33.1 Å². The highest BCUT2D eigenvalue weighted by Crippen LogP contribution is 2.54. The summed E-state index contributed by atoms with van der Waals surface area (Å²) in [6, 6.07) is 9.06. The second kappa shape index (κ2) is 9.20. The molecule has 2 aromatic carbocycles. The van der Waals surface area contributed by atoms with Gasteiger partial charge in [0.1, 0.15) is 34.2 Å². The maximum atomic E-state index is 14.2. The van der Waals surface area contributed by atoms with E-state index in [-0.39, 0.29) is 29.7 Å². The van der Waals surface area contributed by atoms with Gasteiger partial charge < -0.3 is 35.5 Å². The molecule has 11 heteroatoms. The Morgan fingerprint density at radius 2 is 1.71 bits per heavy atom. The molecular formula is C31H31N3O8. The van der Waals surface area contributed by atoms with Gasteiger partial charge in [-0.25, -0.2) is 0 Å². The molecule has 42 heavy (non-hydrogen) atoms. The van der Waals surface area contributed by atoms with E-state index in [9.17, 15) is 34.8 Å². The van der Waals surface area contributed by atoms with Crippen LogP contribution in [0, 0.1) is 11.8 Å². The number of ketones is 2. The van der Waals surface area contributed by atoms with Gasteiger partial charge >= 0.3 is 0 Å². The molecule has 3 aromatic rings. The van der Waals surface area contributed by atoms with Crippen LogP contribution in [0.5, 0.6) is 5.75 Å². The lowest BCUT2D eigenvalue weighted by molar-refractivity contribution is -0.153. The Morgan fingerprint density at radius 1 is 1.05 bits per heavy atom. The Balaban J connectivity index is 1.60. The average Bonchev–Trinajstić information content (AvgIpc) is 3.34. The summed E-state index contributed by atoms with van der Waals surface area (Å²) in [5, 5.41) is 45.1. The summed E-state index contributed by atoms with van der Waals surface area (Å²) < 4.78 is 6.24. The lowest BCUT2D eigenvalue weighted by Crippen LogP contribution is -2.65. The first-order valence-electron chi connectivity index (χ1n) is 13.5. The van der Waals surface area contributed by atoms with Crippen molar-refractivity contribution in [3.63, 3.8) is 0 Å². The maximum Gasteiger partial charge on any atom is 0.255 e. The standard InChI is InChI=1S/C31H31N3O8/c1-33(2)19-11-15-12-20(13-5-7-16(35)8-6-13)42-27(15)22-17(19)9-14-10-18-24(34(3)4)26(37)23(30(32)40)29(39)31(18,41)28(38)21(14)25(22)36/h5-8,11-12,14,18,24,35-36,39,41H,9-10H2,1-4H3,(H2,32,40)/t14-,18-,24-,31-/m0/s1. The number of aromatic hydroxyl groups is 1. The first kappa shape index (κ1) is 27.6. The highest BCUT2D eigenvalue weighted by molar-refractivity contribution is 6.24. The number of rotatable bonds is 4. The zero-order valence-electron chi connectivity index (χ0n) is 23.5. The van der Waals surface area contributed by atoms with Crippen molar-refractivity contribution in [3.05, 3.63) is 64.4 Å². The average molecular weight is 574 g/mol. The van der Waals surface area contributed by atoms with Gasteiger partial charge in [0.05, 0.1) is 11.6 Å². The highest BCUT2D eigenvalue weighted by Gasteiger charge is 2.64. The van der Waals surface area contributed by atoms with Crippen LogP contribution in [0.25, 0.3) is 28.1 Å². The van der Waals surface area contributed by atoms with Crippen LogP contribution in [0.3, 0.4) is 0 Å². The lowest BCUT2D eigenvalue weighted by Gasteiger charge is -2.50. The van der Waals surface area contributed by atoms with Gasteiger partial charge in [-0.3, -0.25) is 19.3 Å². The van der Waals surface area contributed by atoms with E-state index in [4.69, 9.17) is 10.2 Å². The van der Waals surface area contributed by atoms with Crippen LogP contribution in [0.4, 0.5) is 5.69 Å². The number of phenols is 1. The van der Waals surface area contributed by atoms with Crippen LogP contribution in [-0.4, -0.2) is 82.6 Å². The minimum atomic E-state index is -2.65. The number of fused-ring (bicyclic) bond motifs is 5. The molecule has 6 N–H and O–H groups in total. The fourth-order valence-electron chi connectivity index (χ4n) is 6.96. The van der Waals surface area contributed by atoms with Crippen molar-refractivity contribution >= 4 is 39.9 Å². The van der Waals surface area contributed by atoms with Gasteiger partial charge in [0, 0.05) is 42.2 Å². The predicted molar refractivity (Wildman–Crippen MR) is 154 cm³/mol. The number of benzene rings is 2. The Hall–Kier alpha value is -4.61. The van der Waals surface area contributed by atoms with Crippen LogP contribution >= 0.6 is 0 Å². The molecule has 1 fully saturated rings. The highest BCUT2D eigenvalue weighted by atomic mass is 16.4. The molecule has 0 aliphatic heterocycles. The van der Waals surface area contributed by atoms with Gasteiger partial charge in [0.25, 0.3) is 5.91 Å². The number of anilines is 1. The molecule has 0 radical (unpaired) electrons. The quantitative estimate of drug-likeness (QED) is 0.291. The van der Waals surface area contributed by atoms with Gasteiger partial charge in [0.2, 0.25) is 5.78 Å². The number of furan rings is 1. The van der Waals surface area contributed by atoms with E-state index >= 15 is 0 Å². The van der Waals surface area contributed by atoms with Crippen LogP contribution in [-0.2, 0) is 20.8 Å². The third-order valence-electron chi connectivity index (χ3n) is 8.84. The molecule has 0 bridgehead atoms. The minimum Gasteiger partial charge on any atom is -0.508 e. The van der Waals surface area contributed by atoms with E-state index in [0.29, 0.717) is 22.3 Å². The maximum absolute atomic E-state index is 14.2. The fourth-order valence-corrected chi connectivity index (χ4v) is 6.96. The van der Waals surface area contributed by atoms with E-state index in [1.54, 1.807) is 32.3 Å². The number of nitrogens with zero attached hydrogens (tertiary/aromatic N) is 2. The summed E-state index contributed by atoms with van der Waals surface area (Å²) in [6.45, 7) is 0. The molecule has 3 aliphatic carbocycles. The molecule has 6 rings (SSSR count). The summed E-state index contributed by atoms with van der Waals surface area (Å²) in [6.07, 6.45) is 0.348. The van der Waals surface area contributed by atoms with Crippen molar-refractivity contribution in [3.8, 4) is 17.1 Å². The van der Waals surface area contributed by atoms with Crippen molar-refractivity contribution in [1.82, 2.24) is 4.90 Å². The molecule has 1 saturated carbocycles. The number of amides is 1. The predicted octanol–water partition coefficient (Wildman–Crippen LogP) is 2.44. The molecule has 1 amide bonds. The molecule has 4 atom stereocenters. The van der Waals surface area contributed by atoms with Crippen molar-refractivity contribution in [2.45, 2.75) is 24.5 Å². The first-order valence-corrected chi connectivity index (χ1v) is 13.5. The van der Waals surface area contributed by atoms with E-state index < -0.39 is 58.0 Å². The number of carbonyl (C=O) groups is 3. The third-order valence-corrected chi connectivity index (χ3v) is 8.84. The number of phenolic OH excluding ortho intramolecular Hbond substituents is 1. The second-order valence-corrected chi connectivity index (χ2v) is 11.7. The molecule has 0 spiro atoms. The Labute approximate surface area is 240 Å². The number of primary amides is 1. The number of hydrogen-bond donors (Lipinski definition) is 5. The van der Waals surface area contributed by atoms with Crippen LogP contribution in [0.1, 0.15) is 17.5 Å². The number of Topliss-reactive ketones (excluding diaryl/α,β-unsaturated/α-hetero) is 2.